The molecule has 0 saturated heterocycles. The Morgan fingerprint density at radius 1 is 1.06 bits per heavy atom. The molecule has 0 aromatic heterocycles. The first-order valence-corrected chi connectivity index (χ1v) is 16.6. The SMILES string of the molecule is COc1ccc(CN(C)C[C@H]2OCCCC[C@H](C)Oc3ccc(NC(=O)Nc4ccc(F)cc4)cc3C(=O)N([C@H](C)CO)C[C@@H]2C)cc1. The summed E-state index contributed by atoms with van der Waals surface area (Å²) >= 11 is 0. The van der Waals surface area contributed by atoms with Gasteiger partial charge >= 0.3 is 6.03 Å². The Bertz CT molecular complexity index is 1470. The van der Waals surface area contributed by atoms with E-state index in [0.717, 1.165) is 37.1 Å². The van der Waals surface area contributed by atoms with E-state index in [1.54, 1.807) is 37.1 Å². The second-order valence-electron chi connectivity index (χ2n) is 12.6. The first kappa shape index (κ1) is 36.6. The lowest BCUT2D eigenvalue weighted by Gasteiger charge is -2.36. The number of halogens is 1. The Morgan fingerprint density at radius 3 is 2.44 bits per heavy atom. The number of rotatable bonds is 9. The van der Waals surface area contributed by atoms with Gasteiger partial charge in [0, 0.05) is 43.5 Å². The largest absolute Gasteiger partial charge is 0.497 e. The fourth-order valence-electron chi connectivity index (χ4n) is 5.70. The molecule has 48 heavy (non-hydrogen) atoms. The number of likely N-dealkylation sites (N-methyl/N-ethyl adjacent to an activating group) is 1. The zero-order chi connectivity index (χ0) is 34.6. The summed E-state index contributed by atoms with van der Waals surface area (Å²) in [5, 5.41) is 15.7. The molecule has 3 amide bonds. The number of methoxy groups -OCH3 is 1. The number of aliphatic hydroxyl groups is 1. The zero-order valence-electron chi connectivity index (χ0n) is 28.6. The smallest absolute Gasteiger partial charge is 0.323 e. The van der Waals surface area contributed by atoms with E-state index in [-0.39, 0.29) is 36.2 Å². The number of hydrogen-bond acceptors (Lipinski definition) is 7. The summed E-state index contributed by atoms with van der Waals surface area (Å²) in [7, 11) is 3.71. The minimum absolute atomic E-state index is 0.0738. The molecule has 3 N–H and O–H groups in total. The molecule has 0 radical (unpaired) electrons. The minimum Gasteiger partial charge on any atom is -0.497 e. The van der Waals surface area contributed by atoms with E-state index in [4.69, 9.17) is 14.2 Å². The lowest BCUT2D eigenvalue weighted by Crippen LogP contribution is -2.47. The number of hydrogen-bond donors (Lipinski definition) is 3. The molecule has 0 spiro atoms. The highest BCUT2D eigenvalue weighted by Gasteiger charge is 2.30. The van der Waals surface area contributed by atoms with Crippen molar-refractivity contribution in [2.75, 3.05) is 51.1 Å². The van der Waals surface area contributed by atoms with Gasteiger partial charge in [0.05, 0.1) is 37.5 Å². The highest BCUT2D eigenvalue weighted by atomic mass is 19.1. The number of urea groups is 1. The fraction of sp³-hybridized carbons (Fsp3) is 0.459. The number of ether oxygens (including phenoxy) is 3. The Labute approximate surface area is 283 Å². The molecule has 0 unspecified atom stereocenters. The van der Waals surface area contributed by atoms with Gasteiger partial charge in [-0.15, -0.1) is 0 Å². The maximum absolute atomic E-state index is 14.4. The molecule has 10 nitrogen and oxygen atoms in total. The summed E-state index contributed by atoms with van der Waals surface area (Å²) < 4.78 is 31.4. The number of nitrogens with one attached hydrogen (secondary N) is 2. The number of benzene rings is 3. The van der Waals surface area contributed by atoms with Crippen molar-refractivity contribution in [2.45, 2.75) is 64.8 Å². The van der Waals surface area contributed by atoms with E-state index in [0.29, 0.717) is 36.8 Å². The van der Waals surface area contributed by atoms with Crippen molar-refractivity contribution < 1.29 is 33.3 Å². The third kappa shape index (κ3) is 10.7. The Morgan fingerprint density at radius 2 is 1.75 bits per heavy atom. The Balaban J connectivity index is 1.57. The van der Waals surface area contributed by atoms with Crippen molar-refractivity contribution in [1.29, 1.82) is 0 Å². The first-order valence-electron chi connectivity index (χ1n) is 16.6. The van der Waals surface area contributed by atoms with E-state index in [2.05, 4.69) is 29.5 Å². The Hall–Kier alpha value is -4.19. The maximum atomic E-state index is 14.4. The fourth-order valence-corrected chi connectivity index (χ4v) is 5.70. The van der Waals surface area contributed by atoms with Crippen molar-refractivity contribution in [3.8, 4) is 11.5 Å². The lowest BCUT2D eigenvalue weighted by atomic mass is 10.0. The second-order valence-corrected chi connectivity index (χ2v) is 12.6. The van der Waals surface area contributed by atoms with Crippen LogP contribution in [-0.2, 0) is 11.3 Å². The van der Waals surface area contributed by atoms with E-state index in [9.17, 15) is 19.1 Å². The first-order chi connectivity index (χ1) is 23.1. The van der Waals surface area contributed by atoms with Crippen LogP contribution < -0.4 is 20.1 Å². The van der Waals surface area contributed by atoms with Crippen LogP contribution in [0.4, 0.5) is 20.6 Å². The van der Waals surface area contributed by atoms with E-state index >= 15 is 0 Å². The monoisotopic (exact) mass is 664 g/mol. The molecule has 3 aromatic rings. The van der Waals surface area contributed by atoms with E-state index in [1.807, 2.05) is 31.2 Å². The van der Waals surface area contributed by atoms with Crippen molar-refractivity contribution in [1.82, 2.24) is 9.80 Å². The van der Waals surface area contributed by atoms with Gasteiger partial charge in [0.2, 0.25) is 0 Å². The van der Waals surface area contributed by atoms with Crippen LogP contribution in [0.15, 0.2) is 66.7 Å². The zero-order valence-corrected chi connectivity index (χ0v) is 28.6. The molecule has 1 heterocycles. The highest BCUT2D eigenvalue weighted by molar-refractivity contribution is 6.02. The molecule has 1 aliphatic rings. The predicted octanol–water partition coefficient (Wildman–Crippen LogP) is 6.41. The van der Waals surface area contributed by atoms with Gasteiger partial charge in [-0.05, 0) is 100 Å². The standard InChI is InChI=1S/C37H49FN4O6/c1-25-21-42(26(2)24-43)36(44)33-20-31(40-37(45)39-30-13-11-29(38)12-14-30)15-18-34(33)48-27(3)8-6-7-19-47-35(25)23-41(4)22-28-9-16-32(46-5)17-10-28/h9-18,20,25-27,35,43H,6-8,19,21-24H2,1-5H3,(H2,39,40,45)/t25-,26+,27-,35+/m0/s1. The van der Waals surface area contributed by atoms with Gasteiger partial charge in [0.15, 0.2) is 0 Å². The molecule has 4 atom stereocenters. The number of aliphatic hydroxyl groups excluding tert-OH is 1. The van der Waals surface area contributed by atoms with Gasteiger partial charge in [-0.2, -0.15) is 0 Å². The van der Waals surface area contributed by atoms with Crippen LogP contribution in [0.1, 0.15) is 56.0 Å². The van der Waals surface area contributed by atoms with Crippen LogP contribution in [-0.4, -0.2) is 85.6 Å². The van der Waals surface area contributed by atoms with Crippen LogP contribution in [0.3, 0.4) is 0 Å². The number of nitrogens with zero attached hydrogens (tertiary/aromatic N) is 2. The van der Waals surface area contributed by atoms with E-state index < -0.39 is 17.9 Å². The Kier molecular flexibility index (Phi) is 13.6. The van der Waals surface area contributed by atoms with E-state index in [1.165, 1.54) is 24.3 Å². The van der Waals surface area contributed by atoms with Crippen molar-refractivity contribution >= 4 is 23.3 Å². The highest BCUT2D eigenvalue weighted by Crippen LogP contribution is 2.29. The van der Waals surface area contributed by atoms with Crippen molar-refractivity contribution in [2.24, 2.45) is 5.92 Å². The van der Waals surface area contributed by atoms with Gasteiger partial charge in [-0.3, -0.25) is 9.69 Å². The van der Waals surface area contributed by atoms with Crippen LogP contribution in [0.25, 0.3) is 0 Å². The third-order valence-electron chi connectivity index (χ3n) is 8.51. The summed E-state index contributed by atoms with van der Waals surface area (Å²) in [5.41, 5.74) is 2.23. The number of anilines is 2. The summed E-state index contributed by atoms with van der Waals surface area (Å²) in [6.45, 7) is 7.91. The van der Waals surface area contributed by atoms with Gasteiger partial charge in [0.1, 0.15) is 17.3 Å². The van der Waals surface area contributed by atoms with Crippen LogP contribution in [0.5, 0.6) is 11.5 Å². The van der Waals surface area contributed by atoms with Gasteiger partial charge in [0.25, 0.3) is 5.91 Å². The van der Waals surface area contributed by atoms with Gasteiger partial charge in [-0.25, -0.2) is 9.18 Å². The molecule has 0 bridgehead atoms. The van der Waals surface area contributed by atoms with Crippen molar-refractivity contribution in [3.05, 3.63) is 83.7 Å². The quantitative estimate of drug-likeness (QED) is 0.243. The number of fused-ring (bicyclic) bond motifs is 1. The van der Waals surface area contributed by atoms with Gasteiger partial charge < -0.3 is 34.9 Å². The molecular weight excluding hydrogens is 615 g/mol. The molecule has 260 valence electrons. The predicted molar refractivity (Wildman–Crippen MR) is 185 cm³/mol. The lowest BCUT2D eigenvalue weighted by molar-refractivity contribution is -0.0177. The summed E-state index contributed by atoms with van der Waals surface area (Å²) in [6, 6.07) is 17.3. The number of carbonyl (C=O) groups is 2. The van der Waals surface area contributed by atoms with Crippen LogP contribution in [0.2, 0.25) is 0 Å². The van der Waals surface area contributed by atoms with Crippen molar-refractivity contribution in [3.63, 3.8) is 0 Å². The average Bonchev–Trinajstić information content (AvgIpc) is 3.07. The summed E-state index contributed by atoms with van der Waals surface area (Å²) in [6.07, 6.45) is 2.19. The third-order valence-corrected chi connectivity index (χ3v) is 8.51. The molecular formula is C37H49FN4O6. The second kappa shape index (κ2) is 17.8. The molecule has 1 aliphatic heterocycles. The molecule has 0 fully saturated rings. The van der Waals surface area contributed by atoms with Crippen LogP contribution in [0, 0.1) is 11.7 Å². The van der Waals surface area contributed by atoms with Crippen LogP contribution >= 0.6 is 0 Å². The molecule has 3 aromatic carbocycles. The maximum Gasteiger partial charge on any atom is 0.323 e. The topological polar surface area (TPSA) is 113 Å². The number of carbonyl (C=O) groups excluding carboxylic acids is 2. The normalized spacial score (nSPS) is 19.9. The molecule has 4 rings (SSSR count). The van der Waals surface area contributed by atoms with Gasteiger partial charge in [-0.1, -0.05) is 19.1 Å². The summed E-state index contributed by atoms with van der Waals surface area (Å²) in [5.74, 6) is 0.411. The summed E-state index contributed by atoms with van der Waals surface area (Å²) in [4.78, 5) is 31.0. The average molecular weight is 665 g/mol. The minimum atomic E-state index is -0.544. The molecule has 0 aliphatic carbocycles. The number of amides is 3. The molecule has 0 saturated carbocycles. The molecule has 11 heteroatoms.